The summed E-state index contributed by atoms with van der Waals surface area (Å²) in [6.07, 6.45) is 2.00. The van der Waals surface area contributed by atoms with Gasteiger partial charge in [0, 0.05) is 13.0 Å². The van der Waals surface area contributed by atoms with Gasteiger partial charge in [0.15, 0.2) is 6.29 Å². The molecule has 1 fully saturated rings. The van der Waals surface area contributed by atoms with Gasteiger partial charge in [-0.3, -0.25) is 4.68 Å². The van der Waals surface area contributed by atoms with E-state index in [0.29, 0.717) is 24.7 Å². The predicted molar refractivity (Wildman–Crippen MR) is 73.0 cm³/mol. The van der Waals surface area contributed by atoms with Gasteiger partial charge in [0.05, 0.1) is 42.7 Å². The van der Waals surface area contributed by atoms with Crippen LogP contribution in [0, 0.1) is 0 Å². The quantitative estimate of drug-likeness (QED) is 0.841. The van der Waals surface area contributed by atoms with E-state index in [9.17, 15) is 0 Å². The lowest BCUT2D eigenvalue weighted by atomic mass is 10.1. The summed E-state index contributed by atoms with van der Waals surface area (Å²) >= 11 is 6.18. The number of rotatable bonds is 6. The first-order chi connectivity index (χ1) is 9.08. The van der Waals surface area contributed by atoms with E-state index in [1.54, 1.807) is 6.20 Å². The van der Waals surface area contributed by atoms with Crippen molar-refractivity contribution in [3.63, 3.8) is 0 Å². The Bertz CT molecular complexity index is 404. The fourth-order valence-electron chi connectivity index (χ4n) is 2.08. The highest BCUT2D eigenvalue weighted by molar-refractivity contribution is 6.31. The van der Waals surface area contributed by atoms with Crippen LogP contribution in [0.25, 0.3) is 0 Å². The first kappa shape index (κ1) is 14.7. The van der Waals surface area contributed by atoms with Crippen LogP contribution in [0.5, 0.6) is 0 Å². The second-order valence-corrected chi connectivity index (χ2v) is 5.32. The first-order valence-electron chi connectivity index (χ1n) is 6.42. The summed E-state index contributed by atoms with van der Waals surface area (Å²) in [6.45, 7) is 2.90. The Labute approximate surface area is 118 Å². The van der Waals surface area contributed by atoms with Crippen LogP contribution in [0.3, 0.4) is 0 Å². The Morgan fingerprint density at radius 3 is 2.84 bits per heavy atom. The van der Waals surface area contributed by atoms with Crippen molar-refractivity contribution in [1.82, 2.24) is 14.7 Å². The average molecular weight is 289 g/mol. The molecule has 108 valence electrons. The largest absolute Gasteiger partial charge is 0.350 e. The molecular formula is C12H21ClN4O2. The van der Waals surface area contributed by atoms with Crippen molar-refractivity contribution in [3.8, 4) is 0 Å². The molecule has 1 saturated heterocycles. The summed E-state index contributed by atoms with van der Waals surface area (Å²) in [5.74, 6) is 0. The van der Waals surface area contributed by atoms with Gasteiger partial charge in [0.1, 0.15) is 0 Å². The van der Waals surface area contributed by atoms with Gasteiger partial charge in [-0.15, -0.1) is 0 Å². The Kier molecular flexibility index (Phi) is 5.18. The van der Waals surface area contributed by atoms with E-state index in [1.807, 2.05) is 18.8 Å². The van der Waals surface area contributed by atoms with Crippen LogP contribution in [-0.4, -0.2) is 54.8 Å². The second kappa shape index (κ2) is 6.67. The predicted octanol–water partition coefficient (Wildman–Crippen LogP) is 0.861. The Hall–Kier alpha value is -0.660. The molecule has 0 amide bonds. The number of nitrogens with zero attached hydrogens (tertiary/aromatic N) is 3. The summed E-state index contributed by atoms with van der Waals surface area (Å²) in [6, 6.07) is -0.236. The molecule has 1 aliphatic rings. The number of hydrogen-bond acceptors (Lipinski definition) is 5. The van der Waals surface area contributed by atoms with Gasteiger partial charge in [0.25, 0.3) is 0 Å². The maximum absolute atomic E-state index is 6.21. The van der Waals surface area contributed by atoms with Crippen molar-refractivity contribution in [2.45, 2.75) is 25.3 Å². The molecule has 1 aromatic heterocycles. The highest BCUT2D eigenvalue weighted by atomic mass is 35.5. The SMILES string of the molecule is CN(C)CCn1ncc(Cl)c1C(N)CC1OCCO1. The molecule has 0 aliphatic carbocycles. The molecule has 0 radical (unpaired) electrons. The van der Waals surface area contributed by atoms with E-state index in [1.165, 1.54) is 0 Å². The summed E-state index contributed by atoms with van der Waals surface area (Å²) in [5.41, 5.74) is 7.06. The smallest absolute Gasteiger partial charge is 0.159 e. The summed E-state index contributed by atoms with van der Waals surface area (Å²) in [4.78, 5) is 2.09. The summed E-state index contributed by atoms with van der Waals surface area (Å²) in [5, 5.41) is 4.88. The Balaban J connectivity index is 2.02. The lowest BCUT2D eigenvalue weighted by Crippen LogP contribution is -2.25. The average Bonchev–Trinajstić information content (AvgIpc) is 2.96. The van der Waals surface area contributed by atoms with Crippen molar-refractivity contribution in [2.75, 3.05) is 33.9 Å². The zero-order valence-corrected chi connectivity index (χ0v) is 12.1. The number of ether oxygens (including phenoxy) is 2. The number of halogens is 1. The minimum Gasteiger partial charge on any atom is -0.350 e. The molecule has 2 N–H and O–H groups in total. The van der Waals surface area contributed by atoms with Gasteiger partial charge in [-0.05, 0) is 14.1 Å². The van der Waals surface area contributed by atoms with Crippen LogP contribution in [0.15, 0.2) is 6.20 Å². The monoisotopic (exact) mass is 288 g/mol. The van der Waals surface area contributed by atoms with E-state index in [2.05, 4.69) is 10.00 Å². The Morgan fingerprint density at radius 2 is 2.21 bits per heavy atom. The molecular weight excluding hydrogens is 268 g/mol. The number of hydrogen-bond donors (Lipinski definition) is 1. The minimum atomic E-state index is -0.236. The van der Waals surface area contributed by atoms with E-state index < -0.39 is 0 Å². The van der Waals surface area contributed by atoms with E-state index in [0.717, 1.165) is 18.8 Å². The third-order valence-electron chi connectivity index (χ3n) is 3.08. The molecule has 1 aromatic rings. The zero-order chi connectivity index (χ0) is 13.8. The van der Waals surface area contributed by atoms with Gasteiger partial charge in [0.2, 0.25) is 0 Å². The normalized spacial score (nSPS) is 18.4. The van der Waals surface area contributed by atoms with Gasteiger partial charge in [-0.1, -0.05) is 11.6 Å². The lowest BCUT2D eigenvalue weighted by molar-refractivity contribution is -0.0511. The van der Waals surface area contributed by atoms with Crippen molar-refractivity contribution in [1.29, 1.82) is 0 Å². The summed E-state index contributed by atoms with van der Waals surface area (Å²) < 4.78 is 12.7. The van der Waals surface area contributed by atoms with Crippen LogP contribution in [0.4, 0.5) is 0 Å². The van der Waals surface area contributed by atoms with E-state index in [-0.39, 0.29) is 12.3 Å². The molecule has 1 unspecified atom stereocenters. The molecule has 1 aliphatic heterocycles. The number of aromatic nitrogens is 2. The van der Waals surface area contributed by atoms with Crippen LogP contribution < -0.4 is 5.73 Å². The fourth-order valence-corrected chi connectivity index (χ4v) is 2.36. The molecule has 19 heavy (non-hydrogen) atoms. The maximum atomic E-state index is 6.21. The molecule has 6 nitrogen and oxygen atoms in total. The zero-order valence-electron chi connectivity index (χ0n) is 11.4. The van der Waals surface area contributed by atoms with Crippen LogP contribution in [-0.2, 0) is 16.0 Å². The van der Waals surface area contributed by atoms with Gasteiger partial charge >= 0.3 is 0 Å². The topological polar surface area (TPSA) is 65.5 Å². The molecule has 2 rings (SSSR count). The third-order valence-corrected chi connectivity index (χ3v) is 3.37. The highest BCUT2D eigenvalue weighted by Gasteiger charge is 2.24. The number of likely N-dealkylation sites (N-methyl/N-ethyl adjacent to an activating group) is 1. The van der Waals surface area contributed by atoms with Gasteiger partial charge in [-0.2, -0.15) is 5.10 Å². The second-order valence-electron chi connectivity index (χ2n) is 4.92. The van der Waals surface area contributed by atoms with Crippen molar-refractivity contribution in [3.05, 3.63) is 16.9 Å². The third kappa shape index (κ3) is 3.90. The van der Waals surface area contributed by atoms with Crippen molar-refractivity contribution >= 4 is 11.6 Å². The molecule has 7 heteroatoms. The summed E-state index contributed by atoms with van der Waals surface area (Å²) in [7, 11) is 4.04. The first-order valence-corrected chi connectivity index (χ1v) is 6.80. The molecule has 0 bridgehead atoms. The highest BCUT2D eigenvalue weighted by Crippen LogP contribution is 2.26. The van der Waals surface area contributed by atoms with Crippen molar-refractivity contribution < 1.29 is 9.47 Å². The number of nitrogens with two attached hydrogens (primary N) is 1. The standard InChI is InChI=1S/C12H21ClN4O2/c1-16(2)3-4-17-12(9(13)8-15-17)10(14)7-11-18-5-6-19-11/h8,10-11H,3-7,14H2,1-2H3. The van der Waals surface area contributed by atoms with Gasteiger partial charge < -0.3 is 20.1 Å². The lowest BCUT2D eigenvalue weighted by Gasteiger charge is -2.18. The van der Waals surface area contributed by atoms with Crippen LogP contribution in [0.2, 0.25) is 5.02 Å². The molecule has 2 heterocycles. The van der Waals surface area contributed by atoms with Crippen molar-refractivity contribution in [2.24, 2.45) is 5.73 Å². The molecule has 0 spiro atoms. The Morgan fingerprint density at radius 1 is 1.53 bits per heavy atom. The van der Waals surface area contributed by atoms with Gasteiger partial charge in [-0.25, -0.2) is 0 Å². The van der Waals surface area contributed by atoms with Crippen LogP contribution in [0.1, 0.15) is 18.2 Å². The van der Waals surface area contributed by atoms with E-state index in [4.69, 9.17) is 26.8 Å². The molecule has 1 atom stereocenters. The minimum absolute atomic E-state index is 0.233. The molecule has 0 saturated carbocycles. The fraction of sp³-hybridized carbons (Fsp3) is 0.750. The molecule has 0 aromatic carbocycles. The maximum Gasteiger partial charge on any atom is 0.159 e. The van der Waals surface area contributed by atoms with Crippen LogP contribution >= 0.6 is 11.6 Å². The van der Waals surface area contributed by atoms with E-state index >= 15 is 0 Å².